The van der Waals surface area contributed by atoms with E-state index in [1.807, 2.05) is 6.07 Å². The first-order chi connectivity index (χ1) is 14.0. The molecule has 1 aromatic heterocycles. The highest BCUT2D eigenvalue weighted by Gasteiger charge is 2.28. The molecular weight excluding hydrogens is 409 g/mol. The molecule has 0 unspecified atom stereocenters. The van der Waals surface area contributed by atoms with Gasteiger partial charge in [-0.05, 0) is 45.4 Å². The van der Waals surface area contributed by atoms with Gasteiger partial charge in [-0.25, -0.2) is 17.5 Å². The molecule has 1 N–H and O–H groups in total. The maximum absolute atomic E-state index is 13.9. The van der Waals surface area contributed by atoms with Crippen LogP contribution in [0.5, 0.6) is 0 Å². The molecule has 0 saturated carbocycles. The number of rotatable bonds is 5. The van der Waals surface area contributed by atoms with Crippen molar-refractivity contribution in [2.24, 2.45) is 0 Å². The third kappa shape index (κ3) is 5.68. The van der Waals surface area contributed by atoms with Crippen molar-refractivity contribution in [2.45, 2.75) is 44.4 Å². The first kappa shape index (κ1) is 22.5. The van der Waals surface area contributed by atoms with Gasteiger partial charge in [-0.3, -0.25) is 9.69 Å². The molecule has 0 spiro atoms. The molecule has 1 fully saturated rings. The van der Waals surface area contributed by atoms with E-state index in [9.17, 15) is 17.6 Å². The molecule has 1 saturated heterocycles. The Morgan fingerprint density at radius 2 is 1.83 bits per heavy atom. The molecule has 7 nitrogen and oxygen atoms in total. The number of nitrogens with zero attached hydrogens (tertiary/aromatic N) is 2. The highest BCUT2D eigenvalue weighted by atomic mass is 32.2. The molecule has 3 rings (SSSR count). The van der Waals surface area contributed by atoms with Gasteiger partial charge in [-0.1, -0.05) is 18.2 Å². The van der Waals surface area contributed by atoms with Gasteiger partial charge in [-0.15, -0.1) is 0 Å². The van der Waals surface area contributed by atoms with E-state index in [0.717, 1.165) is 13.0 Å². The van der Waals surface area contributed by atoms with E-state index < -0.39 is 15.6 Å². The number of hydrogen-bond donors (Lipinski definition) is 1. The smallest absolute Gasteiger partial charge is 0.289 e. The Kier molecular flexibility index (Phi) is 6.64. The lowest BCUT2D eigenvalue weighted by Crippen LogP contribution is -2.40. The van der Waals surface area contributed by atoms with Gasteiger partial charge in [0.2, 0.25) is 5.09 Å². The van der Waals surface area contributed by atoms with E-state index in [2.05, 4.69) is 9.62 Å². The minimum absolute atomic E-state index is 0.00756. The maximum atomic E-state index is 13.9. The lowest BCUT2D eigenvalue weighted by atomic mass is 10.1. The summed E-state index contributed by atoms with van der Waals surface area (Å²) in [6.45, 7) is 7.97. The van der Waals surface area contributed by atoms with Gasteiger partial charge in [0, 0.05) is 43.8 Å². The number of halogens is 1. The van der Waals surface area contributed by atoms with Crippen molar-refractivity contribution < 1.29 is 22.0 Å². The fraction of sp³-hybridized carbons (Fsp3) is 0.476. The van der Waals surface area contributed by atoms with Crippen LogP contribution in [0.3, 0.4) is 0 Å². The quantitative estimate of drug-likeness (QED) is 0.778. The lowest BCUT2D eigenvalue weighted by molar-refractivity contribution is 0.0723. The number of amides is 1. The first-order valence-electron chi connectivity index (χ1n) is 9.94. The monoisotopic (exact) mass is 437 g/mol. The molecule has 0 bridgehead atoms. The third-order valence-electron chi connectivity index (χ3n) is 4.73. The molecule has 2 aromatic rings. The average Bonchev–Trinajstić information content (AvgIpc) is 3.04. The highest BCUT2D eigenvalue weighted by molar-refractivity contribution is 7.89. The van der Waals surface area contributed by atoms with Gasteiger partial charge >= 0.3 is 0 Å². The fourth-order valence-electron chi connectivity index (χ4n) is 3.39. The predicted molar refractivity (Wildman–Crippen MR) is 111 cm³/mol. The van der Waals surface area contributed by atoms with Crippen molar-refractivity contribution in [3.63, 3.8) is 0 Å². The van der Waals surface area contributed by atoms with Crippen molar-refractivity contribution >= 4 is 15.9 Å². The number of furan rings is 1. The van der Waals surface area contributed by atoms with Crippen molar-refractivity contribution in [3.8, 4) is 0 Å². The van der Waals surface area contributed by atoms with Crippen LogP contribution in [0.15, 0.2) is 45.9 Å². The van der Waals surface area contributed by atoms with Gasteiger partial charge in [0.25, 0.3) is 15.9 Å². The summed E-state index contributed by atoms with van der Waals surface area (Å²) >= 11 is 0. The minimum atomic E-state index is -3.85. The zero-order valence-electron chi connectivity index (χ0n) is 17.5. The largest absolute Gasteiger partial charge is 0.438 e. The molecule has 164 valence electrons. The number of hydrogen-bond acceptors (Lipinski definition) is 5. The van der Waals surface area contributed by atoms with Crippen LogP contribution < -0.4 is 4.72 Å². The molecule has 30 heavy (non-hydrogen) atoms. The molecule has 0 atom stereocenters. The topological polar surface area (TPSA) is 82.9 Å². The van der Waals surface area contributed by atoms with E-state index >= 15 is 0 Å². The molecular formula is C21H28FN3O4S. The second-order valence-corrected chi connectivity index (χ2v) is 10.1. The standard InChI is InChI=1S/C21H28FN3O4S/c1-21(2,3)23-30(27,28)19-10-9-18(29-19)20(26)25-12-6-11-24(13-14-25)15-16-7-4-5-8-17(16)22/h4-5,7-10,23H,6,11-15H2,1-3H3. The van der Waals surface area contributed by atoms with Crippen molar-refractivity contribution in [1.29, 1.82) is 0 Å². The van der Waals surface area contributed by atoms with Crippen LogP contribution in [-0.2, 0) is 16.6 Å². The SMILES string of the molecule is CC(C)(C)NS(=O)(=O)c1ccc(C(=O)N2CCCN(Cc3ccccc3F)CC2)o1. The van der Waals surface area contributed by atoms with Crippen LogP contribution in [0.25, 0.3) is 0 Å². The summed E-state index contributed by atoms with van der Waals surface area (Å²) < 4.78 is 46.6. The summed E-state index contributed by atoms with van der Waals surface area (Å²) in [7, 11) is -3.85. The Balaban J connectivity index is 1.64. The average molecular weight is 438 g/mol. The van der Waals surface area contributed by atoms with Gasteiger partial charge < -0.3 is 9.32 Å². The van der Waals surface area contributed by atoms with E-state index in [1.54, 1.807) is 37.8 Å². The summed E-state index contributed by atoms with van der Waals surface area (Å²) in [5, 5.41) is -0.281. The summed E-state index contributed by atoms with van der Waals surface area (Å²) in [5.74, 6) is -0.588. The Labute approximate surface area is 176 Å². The van der Waals surface area contributed by atoms with Crippen molar-refractivity contribution in [1.82, 2.24) is 14.5 Å². The number of carbonyl (C=O) groups excluding carboxylic acids is 1. The van der Waals surface area contributed by atoms with Crippen LogP contribution in [0.1, 0.15) is 43.3 Å². The van der Waals surface area contributed by atoms with E-state index in [0.29, 0.717) is 31.7 Å². The number of nitrogens with one attached hydrogen (secondary N) is 1. The highest BCUT2D eigenvalue weighted by Crippen LogP contribution is 2.19. The molecule has 1 aromatic carbocycles. The molecule has 1 aliphatic heterocycles. The second kappa shape index (κ2) is 8.87. The molecule has 1 aliphatic rings. The predicted octanol–water partition coefficient (Wildman–Crippen LogP) is 2.84. The summed E-state index contributed by atoms with van der Waals surface area (Å²) in [5.41, 5.74) is -0.0352. The van der Waals surface area contributed by atoms with Gasteiger partial charge in [0.15, 0.2) is 5.76 Å². The Morgan fingerprint density at radius 3 is 2.53 bits per heavy atom. The summed E-state index contributed by atoms with van der Waals surface area (Å²) in [6.07, 6.45) is 0.734. The van der Waals surface area contributed by atoms with E-state index in [4.69, 9.17) is 4.42 Å². The van der Waals surface area contributed by atoms with Crippen molar-refractivity contribution in [2.75, 3.05) is 26.2 Å². The van der Waals surface area contributed by atoms with Crippen molar-refractivity contribution in [3.05, 3.63) is 53.5 Å². The molecule has 2 heterocycles. The number of benzene rings is 1. The Hall–Kier alpha value is -2.23. The van der Waals surface area contributed by atoms with Crippen LogP contribution in [0.4, 0.5) is 4.39 Å². The Morgan fingerprint density at radius 1 is 1.10 bits per heavy atom. The van der Waals surface area contributed by atoms with E-state index in [-0.39, 0.29) is 22.6 Å². The van der Waals surface area contributed by atoms with Gasteiger partial charge in [0.1, 0.15) is 5.82 Å². The normalized spacial score (nSPS) is 16.5. The van der Waals surface area contributed by atoms with Gasteiger partial charge in [0.05, 0.1) is 0 Å². The fourth-order valence-corrected chi connectivity index (χ4v) is 4.74. The molecule has 0 radical (unpaired) electrons. The zero-order chi connectivity index (χ0) is 21.9. The van der Waals surface area contributed by atoms with Crippen LogP contribution in [0, 0.1) is 5.82 Å². The first-order valence-corrected chi connectivity index (χ1v) is 11.4. The van der Waals surface area contributed by atoms with Gasteiger partial charge in [-0.2, -0.15) is 0 Å². The zero-order valence-corrected chi connectivity index (χ0v) is 18.3. The summed E-state index contributed by atoms with van der Waals surface area (Å²) in [6, 6.07) is 9.37. The number of sulfonamides is 1. The molecule has 0 aliphatic carbocycles. The van der Waals surface area contributed by atoms with E-state index in [1.165, 1.54) is 18.2 Å². The maximum Gasteiger partial charge on any atom is 0.289 e. The molecule has 1 amide bonds. The van der Waals surface area contributed by atoms with Crippen LogP contribution in [-0.4, -0.2) is 55.8 Å². The van der Waals surface area contributed by atoms with Crippen LogP contribution in [0.2, 0.25) is 0 Å². The van der Waals surface area contributed by atoms with Crippen LogP contribution >= 0.6 is 0 Å². The Bertz CT molecular complexity index is 998. The lowest BCUT2D eigenvalue weighted by Gasteiger charge is -2.21. The second-order valence-electron chi connectivity index (χ2n) is 8.49. The third-order valence-corrected chi connectivity index (χ3v) is 6.36. The molecule has 9 heteroatoms. The minimum Gasteiger partial charge on any atom is -0.438 e. The number of carbonyl (C=O) groups is 1. The summed E-state index contributed by atoms with van der Waals surface area (Å²) in [4.78, 5) is 16.6.